The normalized spacial score (nSPS) is 34.8. The highest BCUT2D eigenvalue weighted by atomic mass is 16.6. The fraction of sp³-hybridized carbons (Fsp3) is 0.667. The highest BCUT2D eigenvalue weighted by Crippen LogP contribution is 2.14. The zero-order valence-corrected chi connectivity index (χ0v) is 7.61. The van der Waals surface area contributed by atoms with Crippen molar-refractivity contribution in [1.29, 1.82) is 0 Å². The molecule has 1 rings (SSSR count). The molecule has 0 spiro atoms. The van der Waals surface area contributed by atoms with Crippen LogP contribution >= 0.6 is 0 Å². The highest BCUT2D eigenvalue weighted by Gasteiger charge is 2.23. The van der Waals surface area contributed by atoms with Gasteiger partial charge in [-0.15, -0.1) is 0 Å². The topological polar surface area (TPSA) is 35.5 Å². The van der Waals surface area contributed by atoms with Crippen molar-refractivity contribution in [3.63, 3.8) is 0 Å². The van der Waals surface area contributed by atoms with Crippen molar-refractivity contribution < 1.29 is 14.3 Å². The van der Waals surface area contributed by atoms with E-state index in [1.165, 1.54) is 6.92 Å². The smallest absolute Gasteiger partial charge is 0.303 e. The average molecular weight is 170 g/mol. The summed E-state index contributed by atoms with van der Waals surface area (Å²) in [5, 5.41) is 0. The van der Waals surface area contributed by atoms with Crippen LogP contribution in [0.3, 0.4) is 0 Å². The predicted molar refractivity (Wildman–Crippen MR) is 44.7 cm³/mol. The SMILES string of the molecule is CC(=O)O[C@@H]1C=C[C@@H](C)O[C@@H]1C. The molecule has 0 saturated carbocycles. The molecule has 0 aromatic rings. The summed E-state index contributed by atoms with van der Waals surface area (Å²) in [5.41, 5.74) is 0. The number of carbonyl (C=O) groups is 1. The van der Waals surface area contributed by atoms with E-state index < -0.39 is 0 Å². The summed E-state index contributed by atoms with van der Waals surface area (Å²) in [6.45, 7) is 5.25. The van der Waals surface area contributed by atoms with Gasteiger partial charge in [-0.2, -0.15) is 0 Å². The Morgan fingerprint density at radius 2 is 2.08 bits per heavy atom. The van der Waals surface area contributed by atoms with Crippen molar-refractivity contribution in [3.8, 4) is 0 Å². The van der Waals surface area contributed by atoms with E-state index in [-0.39, 0.29) is 24.3 Å². The maximum Gasteiger partial charge on any atom is 0.303 e. The summed E-state index contributed by atoms with van der Waals surface area (Å²) >= 11 is 0. The Morgan fingerprint density at radius 1 is 1.42 bits per heavy atom. The molecule has 0 aliphatic carbocycles. The van der Waals surface area contributed by atoms with Crippen LogP contribution in [0, 0.1) is 0 Å². The summed E-state index contributed by atoms with van der Waals surface area (Å²) in [5.74, 6) is -0.269. The molecule has 3 atom stereocenters. The van der Waals surface area contributed by atoms with Crippen LogP contribution in [0.2, 0.25) is 0 Å². The van der Waals surface area contributed by atoms with Gasteiger partial charge in [0.15, 0.2) is 0 Å². The maximum atomic E-state index is 10.6. The van der Waals surface area contributed by atoms with Crippen LogP contribution in [0.1, 0.15) is 20.8 Å². The first-order valence-electron chi connectivity index (χ1n) is 4.10. The molecule has 68 valence electrons. The molecule has 0 unspecified atom stereocenters. The van der Waals surface area contributed by atoms with E-state index in [1.807, 2.05) is 26.0 Å². The second-order valence-electron chi connectivity index (χ2n) is 3.01. The third kappa shape index (κ3) is 2.34. The lowest BCUT2D eigenvalue weighted by Crippen LogP contribution is -2.34. The maximum absolute atomic E-state index is 10.6. The summed E-state index contributed by atoms with van der Waals surface area (Å²) in [4.78, 5) is 10.6. The fourth-order valence-electron chi connectivity index (χ4n) is 1.21. The van der Waals surface area contributed by atoms with Gasteiger partial charge >= 0.3 is 5.97 Å². The van der Waals surface area contributed by atoms with Crippen LogP contribution < -0.4 is 0 Å². The Balaban J connectivity index is 2.54. The van der Waals surface area contributed by atoms with Crippen molar-refractivity contribution in [2.24, 2.45) is 0 Å². The molecular formula is C9H14O3. The molecule has 0 N–H and O–H groups in total. The van der Waals surface area contributed by atoms with Gasteiger partial charge in [-0.05, 0) is 19.9 Å². The Bertz CT molecular complexity index is 198. The van der Waals surface area contributed by atoms with E-state index in [2.05, 4.69) is 0 Å². The van der Waals surface area contributed by atoms with E-state index >= 15 is 0 Å². The molecule has 3 heteroatoms. The molecule has 3 nitrogen and oxygen atoms in total. The zero-order valence-electron chi connectivity index (χ0n) is 7.61. The highest BCUT2D eigenvalue weighted by molar-refractivity contribution is 5.66. The van der Waals surface area contributed by atoms with E-state index in [0.717, 1.165) is 0 Å². The minimum absolute atomic E-state index is 0.0473. The second-order valence-corrected chi connectivity index (χ2v) is 3.01. The monoisotopic (exact) mass is 170 g/mol. The molecule has 0 saturated heterocycles. The molecule has 0 radical (unpaired) electrons. The van der Waals surface area contributed by atoms with Crippen LogP contribution in [-0.4, -0.2) is 24.3 Å². The zero-order chi connectivity index (χ0) is 9.14. The van der Waals surface area contributed by atoms with Crippen LogP contribution in [-0.2, 0) is 14.3 Å². The third-order valence-electron chi connectivity index (χ3n) is 1.77. The Hall–Kier alpha value is -0.830. The van der Waals surface area contributed by atoms with Crippen LogP contribution in [0.15, 0.2) is 12.2 Å². The van der Waals surface area contributed by atoms with Gasteiger partial charge in [0.1, 0.15) is 6.10 Å². The molecule has 0 bridgehead atoms. The minimum Gasteiger partial charge on any atom is -0.456 e. The molecular weight excluding hydrogens is 156 g/mol. The van der Waals surface area contributed by atoms with E-state index in [0.29, 0.717) is 0 Å². The van der Waals surface area contributed by atoms with Crippen LogP contribution in [0.4, 0.5) is 0 Å². The quantitative estimate of drug-likeness (QED) is 0.439. The standard InChI is InChI=1S/C9H14O3/c1-6-4-5-9(7(2)11-6)12-8(3)10/h4-7,9H,1-3H3/t6-,7-,9-/m1/s1. The van der Waals surface area contributed by atoms with Gasteiger partial charge in [0, 0.05) is 6.92 Å². The van der Waals surface area contributed by atoms with Crippen molar-refractivity contribution >= 4 is 5.97 Å². The molecule has 0 aromatic heterocycles. The van der Waals surface area contributed by atoms with E-state index in [4.69, 9.17) is 9.47 Å². The summed E-state index contributed by atoms with van der Waals surface area (Å²) < 4.78 is 10.4. The van der Waals surface area contributed by atoms with Crippen LogP contribution in [0.5, 0.6) is 0 Å². The average Bonchev–Trinajstić information content (AvgIpc) is 1.94. The summed E-state index contributed by atoms with van der Waals surface area (Å²) in [6.07, 6.45) is 3.62. The lowest BCUT2D eigenvalue weighted by molar-refractivity contribution is -0.152. The van der Waals surface area contributed by atoms with Gasteiger partial charge in [-0.25, -0.2) is 0 Å². The van der Waals surface area contributed by atoms with Crippen LogP contribution in [0.25, 0.3) is 0 Å². The fourth-order valence-corrected chi connectivity index (χ4v) is 1.21. The number of carbonyl (C=O) groups excluding carboxylic acids is 1. The number of hydrogen-bond donors (Lipinski definition) is 0. The van der Waals surface area contributed by atoms with Gasteiger partial charge < -0.3 is 9.47 Å². The minimum atomic E-state index is -0.269. The van der Waals surface area contributed by atoms with Gasteiger partial charge in [0.05, 0.1) is 12.2 Å². The van der Waals surface area contributed by atoms with Crippen molar-refractivity contribution in [2.75, 3.05) is 0 Å². The van der Waals surface area contributed by atoms with Gasteiger partial charge in [-0.3, -0.25) is 4.79 Å². The number of ether oxygens (including phenoxy) is 2. The third-order valence-corrected chi connectivity index (χ3v) is 1.77. The largest absolute Gasteiger partial charge is 0.456 e. The first kappa shape index (κ1) is 9.26. The molecule has 1 aliphatic heterocycles. The lowest BCUT2D eigenvalue weighted by Gasteiger charge is -2.27. The first-order chi connectivity index (χ1) is 5.59. The Morgan fingerprint density at radius 3 is 2.58 bits per heavy atom. The van der Waals surface area contributed by atoms with Gasteiger partial charge in [-0.1, -0.05) is 6.08 Å². The molecule has 1 heterocycles. The number of rotatable bonds is 1. The van der Waals surface area contributed by atoms with E-state index in [1.54, 1.807) is 0 Å². The van der Waals surface area contributed by atoms with E-state index in [9.17, 15) is 4.79 Å². The number of esters is 1. The Kier molecular flexibility index (Phi) is 2.87. The lowest BCUT2D eigenvalue weighted by atomic mass is 10.1. The molecule has 1 aliphatic rings. The van der Waals surface area contributed by atoms with Gasteiger partial charge in [0.25, 0.3) is 0 Å². The first-order valence-corrected chi connectivity index (χ1v) is 4.10. The number of hydrogen-bond acceptors (Lipinski definition) is 3. The molecule has 0 aromatic carbocycles. The van der Waals surface area contributed by atoms with Crippen molar-refractivity contribution in [3.05, 3.63) is 12.2 Å². The summed E-state index contributed by atoms with van der Waals surface area (Å²) in [6, 6.07) is 0. The molecule has 0 amide bonds. The second kappa shape index (κ2) is 3.72. The van der Waals surface area contributed by atoms with Gasteiger partial charge in [0.2, 0.25) is 0 Å². The van der Waals surface area contributed by atoms with Crippen molar-refractivity contribution in [1.82, 2.24) is 0 Å². The summed E-state index contributed by atoms with van der Waals surface area (Å²) in [7, 11) is 0. The Labute approximate surface area is 72.4 Å². The van der Waals surface area contributed by atoms with Crippen molar-refractivity contribution in [2.45, 2.75) is 39.1 Å². The molecule has 0 fully saturated rings. The predicted octanol–water partition coefficient (Wildman–Crippen LogP) is 1.28. The molecule has 12 heavy (non-hydrogen) atoms.